The van der Waals surface area contributed by atoms with Crippen LogP contribution >= 0.6 is 0 Å². The van der Waals surface area contributed by atoms with Crippen molar-refractivity contribution in [3.63, 3.8) is 0 Å². The molecule has 0 heterocycles. The zero-order chi connectivity index (χ0) is 16.9. The molecule has 0 aliphatic heterocycles. The van der Waals surface area contributed by atoms with Crippen molar-refractivity contribution in [3.8, 4) is 0 Å². The summed E-state index contributed by atoms with van der Waals surface area (Å²) in [7, 11) is -3.55. The van der Waals surface area contributed by atoms with Crippen molar-refractivity contribution in [2.24, 2.45) is 5.92 Å². The van der Waals surface area contributed by atoms with Gasteiger partial charge in [0.25, 0.3) is 5.91 Å². The van der Waals surface area contributed by atoms with Crippen LogP contribution < -0.4 is 10.0 Å². The molecular formula is C17H24N2O3S. The van der Waals surface area contributed by atoms with Gasteiger partial charge in [0.1, 0.15) is 0 Å². The van der Waals surface area contributed by atoms with Crippen molar-refractivity contribution in [2.45, 2.75) is 43.5 Å². The summed E-state index contributed by atoms with van der Waals surface area (Å²) in [5.41, 5.74) is 0.478. The Morgan fingerprint density at radius 2 is 1.83 bits per heavy atom. The molecule has 1 aromatic carbocycles. The molecule has 6 heteroatoms. The highest BCUT2D eigenvalue weighted by molar-refractivity contribution is 7.89. The minimum absolute atomic E-state index is 0.141. The first-order valence-electron chi connectivity index (χ1n) is 7.94. The van der Waals surface area contributed by atoms with Gasteiger partial charge in [0.2, 0.25) is 10.0 Å². The average Bonchev–Trinajstić information content (AvgIpc) is 2.55. The summed E-state index contributed by atoms with van der Waals surface area (Å²) in [6, 6.07) is 6.20. The average molecular weight is 336 g/mol. The lowest BCUT2D eigenvalue weighted by Crippen LogP contribution is -2.37. The molecule has 0 atom stereocenters. The third kappa shape index (κ3) is 4.91. The lowest BCUT2D eigenvalue weighted by molar-refractivity contribution is 0.0923. The summed E-state index contributed by atoms with van der Waals surface area (Å²) in [6.07, 6.45) is 5.76. The van der Waals surface area contributed by atoms with E-state index in [0.29, 0.717) is 5.56 Å². The molecule has 0 bridgehead atoms. The highest BCUT2D eigenvalue weighted by atomic mass is 32.2. The molecule has 0 saturated heterocycles. The van der Waals surface area contributed by atoms with E-state index in [1.807, 2.05) is 0 Å². The molecule has 1 fully saturated rings. The Hall–Kier alpha value is -1.66. The molecule has 0 spiro atoms. The van der Waals surface area contributed by atoms with Crippen molar-refractivity contribution < 1.29 is 13.2 Å². The largest absolute Gasteiger partial charge is 0.349 e. The van der Waals surface area contributed by atoms with Crippen LogP contribution in [0.15, 0.2) is 41.8 Å². The van der Waals surface area contributed by atoms with Gasteiger partial charge in [0.05, 0.1) is 4.90 Å². The van der Waals surface area contributed by atoms with Crippen molar-refractivity contribution in [2.75, 3.05) is 6.54 Å². The molecule has 1 aromatic rings. The normalized spacial score (nSPS) is 21.6. The van der Waals surface area contributed by atoms with Crippen molar-refractivity contribution in [1.29, 1.82) is 0 Å². The second kappa shape index (κ2) is 7.75. The SMILES string of the molecule is C=CCNS(=O)(=O)c1ccc(C(=O)NC2CCC(C)CC2)cc1. The number of rotatable bonds is 6. The van der Waals surface area contributed by atoms with Crippen LogP contribution in [0.4, 0.5) is 0 Å². The maximum atomic E-state index is 12.2. The number of sulfonamides is 1. The molecule has 1 amide bonds. The van der Waals surface area contributed by atoms with Crippen LogP contribution in [0.3, 0.4) is 0 Å². The van der Waals surface area contributed by atoms with E-state index >= 15 is 0 Å². The lowest BCUT2D eigenvalue weighted by atomic mass is 9.87. The summed E-state index contributed by atoms with van der Waals surface area (Å²) in [5.74, 6) is 0.586. The minimum Gasteiger partial charge on any atom is -0.349 e. The number of hydrogen-bond donors (Lipinski definition) is 2. The molecule has 0 aromatic heterocycles. The van der Waals surface area contributed by atoms with E-state index in [0.717, 1.165) is 31.6 Å². The first-order valence-corrected chi connectivity index (χ1v) is 9.42. The molecule has 23 heavy (non-hydrogen) atoms. The van der Waals surface area contributed by atoms with Gasteiger partial charge >= 0.3 is 0 Å². The molecular weight excluding hydrogens is 312 g/mol. The van der Waals surface area contributed by atoms with Crippen LogP contribution in [0, 0.1) is 5.92 Å². The molecule has 1 aliphatic carbocycles. The van der Waals surface area contributed by atoms with E-state index < -0.39 is 10.0 Å². The Balaban J connectivity index is 1.98. The second-order valence-corrected chi connectivity index (χ2v) is 7.86. The second-order valence-electron chi connectivity index (χ2n) is 6.10. The van der Waals surface area contributed by atoms with Crippen LogP contribution in [0.2, 0.25) is 0 Å². The van der Waals surface area contributed by atoms with Gasteiger partial charge in [-0.05, 0) is 55.9 Å². The van der Waals surface area contributed by atoms with Crippen LogP contribution in [0.1, 0.15) is 43.0 Å². The Kier molecular flexibility index (Phi) is 5.96. The van der Waals surface area contributed by atoms with Gasteiger partial charge in [-0.2, -0.15) is 0 Å². The fraction of sp³-hybridized carbons (Fsp3) is 0.471. The van der Waals surface area contributed by atoms with Gasteiger partial charge in [-0.3, -0.25) is 4.79 Å². The van der Waals surface area contributed by atoms with E-state index in [9.17, 15) is 13.2 Å². The molecule has 0 radical (unpaired) electrons. The molecule has 5 nitrogen and oxygen atoms in total. The lowest BCUT2D eigenvalue weighted by Gasteiger charge is -2.26. The standard InChI is InChI=1S/C17H24N2O3S/c1-3-12-18-23(21,22)16-10-6-14(7-11-16)17(20)19-15-8-4-13(2)5-9-15/h3,6-7,10-11,13,15,18H,1,4-5,8-9,12H2,2H3,(H,19,20). The summed E-state index contributed by atoms with van der Waals surface area (Å²) < 4.78 is 26.3. The number of benzene rings is 1. The zero-order valence-corrected chi connectivity index (χ0v) is 14.2. The molecule has 2 rings (SSSR count). The van der Waals surface area contributed by atoms with E-state index in [-0.39, 0.29) is 23.4 Å². The summed E-state index contributed by atoms with van der Waals surface area (Å²) in [5, 5.41) is 3.03. The summed E-state index contributed by atoms with van der Waals surface area (Å²) in [4.78, 5) is 12.4. The Morgan fingerprint density at radius 1 is 1.22 bits per heavy atom. The summed E-state index contributed by atoms with van der Waals surface area (Å²) >= 11 is 0. The predicted octanol–water partition coefficient (Wildman–Crippen LogP) is 2.46. The van der Waals surface area contributed by atoms with Crippen molar-refractivity contribution in [1.82, 2.24) is 10.0 Å². The van der Waals surface area contributed by atoms with Crippen molar-refractivity contribution in [3.05, 3.63) is 42.5 Å². The highest BCUT2D eigenvalue weighted by Crippen LogP contribution is 2.23. The maximum Gasteiger partial charge on any atom is 0.251 e. The number of hydrogen-bond acceptors (Lipinski definition) is 3. The zero-order valence-electron chi connectivity index (χ0n) is 13.4. The summed E-state index contributed by atoms with van der Waals surface area (Å²) in [6.45, 7) is 5.88. The molecule has 126 valence electrons. The van der Waals surface area contributed by atoms with Gasteiger partial charge in [0.15, 0.2) is 0 Å². The fourth-order valence-electron chi connectivity index (χ4n) is 2.71. The number of carbonyl (C=O) groups is 1. The Bertz CT molecular complexity index is 645. The van der Waals surface area contributed by atoms with Gasteiger partial charge in [-0.25, -0.2) is 13.1 Å². The predicted molar refractivity (Wildman–Crippen MR) is 90.7 cm³/mol. The Morgan fingerprint density at radius 3 is 2.39 bits per heavy atom. The topological polar surface area (TPSA) is 75.3 Å². The minimum atomic E-state index is -3.55. The van der Waals surface area contributed by atoms with E-state index in [2.05, 4.69) is 23.5 Å². The van der Waals surface area contributed by atoms with Crippen LogP contribution in [-0.2, 0) is 10.0 Å². The third-order valence-electron chi connectivity index (χ3n) is 4.20. The smallest absolute Gasteiger partial charge is 0.251 e. The number of carbonyl (C=O) groups excluding carboxylic acids is 1. The van der Waals surface area contributed by atoms with Crippen molar-refractivity contribution >= 4 is 15.9 Å². The van der Waals surface area contributed by atoms with Crippen LogP contribution in [0.25, 0.3) is 0 Å². The molecule has 2 N–H and O–H groups in total. The maximum absolute atomic E-state index is 12.2. The highest BCUT2D eigenvalue weighted by Gasteiger charge is 2.20. The first kappa shape index (κ1) is 17.7. The van der Waals surface area contributed by atoms with E-state index in [1.54, 1.807) is 12.1 Å². The third-order valence-corrected chi connectivity index (χ3v) is 5.64. The molecule has 1 saturated carbocycles. The molecule has 1 aliphatic rings. The van der Waals surface area contributed by atoms with Gasteiger partial charge in [0, 0.05) is 18.2 Å². The quantitative estimate of drug-likeness (QED) is 0.784. The number of amides is 1. The monoisotopic (exact) mass is 336 g/mol. The molecule has 0 unspecified atom stereocenters. The van der Waals surface area contributed by atoms with Gasteiger partial charge in [-0.15, -0.1) is 6.58 Å². The number of nitrogens with one attached hydrogen (secondary N) is 2. The van der Waals surface area contributed by atoms with Crippen LogP contribution in [-0.4, -0.2) is 26.9 Å². The van der Waals surface area contributed by atoms with E-state index in [4.69, 9.17) is 0 Å². The fourth-order valence-corrected chi connectivity index (χ4v) is 3.71. The van der Waals surface area contributed by atoms with Crippen LogP contribution in [0.5, 0.6) is 0 Å². The van der Waals surface area contributed by atoms with Gasteiger partial charge < -0.3 is 5.32 Å². The van der Waals surface area contributed by atoms with E-state index in [1.165, 1.54) is 18.2 Å². The Labute approximate surface area is 138 Å². The van der Waals surface area contributed by atoms with Gasteiger partial charge in [-0.1, -0.05) is 13.0 Å². The first-order chi connectivity index (χ1) is 10.9.